The lowest BCUT2D eigenvalue weighted by Crippen LogP contribution is -2.34. The van der Waals surface area contributed by atoms with Gasteiger partial charge in [-0.05, 0) is 42.3 Å². The number of aromatic carboxylic acids is 1. The van der Waals surface area contributed by atoms with Gasteiger partial charge in [0.2, 0.25) is 0 Å². The van der Waals surface area contributed by atoms with E-state index in [1.165, 1.54) is 31.2 Å². The van der Waals surface area contributed by atoms with Crippen molar-refractivity contribution >= 4 is 17.7 Å². The number of hydrogen-bond acceptors (Lipinski definition) is 5. The molecule has 6 nitrogen and oxygen atoms in total. The molecule has 2 aromatic carbocycles. The minimum absolute atomic E-state index is 0.0268. The summed E-state index contributed by atoms with van der Waals surface area (Å²) in [5.41, 5.74) is -0.0229. The number of ether oxygens (including phenoxy) is 1. The van der Waals surface area contributed by atoms with Gasteiger partial charge >= 0.3 is 18.1 Å². The molecule has 2 N–H and O–H groups in total. The highest BCUT2D eigenvalue weighted by Crippen LogP contribution is 2.30. The normalized spacial score (nSPS) is 12.3. The summed E-state index contributed by atoms with van der Waals surface area (Å²) in [6.45, 7) is 1.56. The van der Waals surface area contributed by atoms with Crippen LogP contribution in [0.3, 0.4) is 0 Å². The lowest BCUT2D eigenvalue weighted by molar-refractivity contribution is -0.154. The van der Waals surface area contributed by atoms with Crippen LogP contribution in [0.1, 0.15) is 40.0 Å². The number of carbonyl (C=O) groups is 3. The summed E-state index contributed by atoms with van der Waals surface area (Å²) in [5.74, 6) is -3.15. The van der Waals surface area contributed by atoms with Gasteiger partial charge in [0.1, 0.15) is 6.04 Å². The van der Waals surface area contributed by atoms with Crippen molar-refractivity contribution in [2.75, 3.05) is 6.61 Å². The van der Waals surface area contributed by atoms with Crippen LogP contribution in [0.15, 0.2) is 48.5 Å². The smallest absolute Gasteiger partial charge is 0.416 e. The van der Waals surface area contributed by atoms with Crippen LogP contribution >= 0.6 is 0 Å². The van der Waals surface area contributed by atoms with E-state index in [1.807, 2.05) is 0 Å². The van der Waals surface area contributed by atoms with Gasteiger partial charge in [0.25, 0.3) is 5.78 Å². The number of hydrogen-bond donors (Lipinski definition) is 2. The first-order chi connectivity index (χ1) is 13.6. The Balaban J connectivity index is 2.24. The van der Waals surface area contributed by atoms with E-state index in [0.717, 1.165) is 24.3 Å². The zero-order chi connectivity index (χ0) is 21.6. The predicted octanol–water partition coefficient (Wildman–Crippen LogP) is 3.37. The Kier molecular flexibility index (Phi) is 7.11. The van der Waals surface area contributed by atoms with E-state index in [-0.39, 0.29) is 24.3 Å². The van der Waals surface area contributed by atoms with Crippen molar-refractivity contribution in [3.8, 4) is 0 Å². The van der Waals surface area contributed by atoms with Gasteiger partial charge in [-0.3, -0.25) is 10.1 Å². The third-order valence-corrected chi connectivity index (χ3v) is 4.02. The minimum atomic E-state index is -4.53. The van der Waals surface area contributed by atoms with Crippen LogP contribution in [0.2, 0.25) is 0 Å². The van der Waals surface area contributed by atoms with Gasteiger partial charge in [-0.25, -0.2) is 9.59 Å². The van der Waals surface area contributed by atoms with Crippen molar-refractivity contribution in [1.82, 2.24) is 5.32 Å². The van der Waals surface area contributed by atoms with Gasteiger partial charge in [-0.15, -0.1) is 0 Å². The first kappa shape index (κ1) is 22.1. The molecule has 1 unspecified atom stereocenters. The zero-order valence-corrected chi connectivity index (χ0v) is 15.3. The Hall–Kier alpha value is -3.20. The largest absolute Gasteiger partial charge is 0.478 e. The molecule has 0 aliphatic carbocycles. The quantitative estimate of drug-likeness (QED) is 0.513. The molecule has 0 aromatic heterocycles. The molecule has 0 amide bonds. The van der Waals surface area contributed by atoms with Gasteiger partial charge in [-0.2, -0.15) is 13.2 Å². The lowest BCUT2D eigenvalue weighted by atomic mass is 10.00. The maximum atomic E-state index is 12.8. The second kappa shape index (κ2) is 9.33. The number of alkyl halides is 3. The highest BCUT2D eigenvalue weighted by molar-refractivity contribution is 6.35. The molecular formula is C20H18F3NO5. The molecule has 2 aromatic rings. The summed E-state index contributed by atoms with van der Waals surface area (Å²) < 4.78 is 43.0. The molecule has 1 atom stereocenters. The molecule has 0 aliphatic rings. The van der Waals surface area contributed by atoms with Gasteiger partial charge in [0, 0.05) is 6.54 Å². The number of esters is 1. The summed E-state index contributed by atoms with van der Waals surface area (Å²) in [6, 6.07) is 8.45. The van der Waals surface area contributed by atoms with Crippen LogP contribution < -0.4 is 5.32 Å². The fourth-order valence-electron chi connectivity index (χ4n) is 2.53. The molecule has 0 fully saturated rings. The average Bonchev–Trinajstić information content (AvgIpc) is 2.68. The van der Waals surface area contributed by atoms with E-state index in [1.54, 1.807) is 0 Å². The number of carboxylic acids is 1. The van der Waals surface area contributed by atoms with Crippen molar-refractivity contribution in [3.05, 3.63) is 70.8 Å². The van der Waals surface area contributed by atoms with Gasteiger partial charge < -0.3 is 9.84 Å². The standard InChI is InChI=1S/C20H18F3NO5/c1-2-29-19(28)17(25)16(13-7-9-15(10-8-13)20(21,22)23)24-11-12-3-5-14(6-4-12)18(26)27/h3-10,16,24H,2,11H2,1H3,(H,26,27). The van der Waals surface area contributed by atoms with Crippen molar-refractivity contribution < 1.29 is 37.4 Å². The average molecular weight is 409 g/mol. The van der Waals surface area contributed by atoms with E-state index in [4.69, 9.17) is 9.84 Å². The molecule has 154 valence electrons. The maximum absolute atomic E-state index is 12.8. The summed E-state index contributed by atoms with van der Waals surface area (Å²) in [7, 11) is 0. The third-order valence-electron chi connectivity index (χ3n) is 4.02. The van der Waals surface area contributed by atoms with E-state index in [2.05, 4.69) is 5.32 Å². The van der Waals surface area contributed by atoms with Gasteiger partial charge in [0.05, 0.1) is 17.7 Å². The summed E-state index contributed by atoms with van der Waals surface area (Å²) >= 11 is 0. The van der Waals surface area contributed by atoms with Crippen molar-refractivity contribution in [1.29, 1.82) is 0 Å². The SMILES string of the molecule is CCOC(=O)C(=O)C(NCc1ccc(C(=O)O)cc1)c1ccc(C(F)(F)F)cc1. The lowest BCUT2D eigenvalue weighted by Gasteiger charge is -2.18. The van der Waals surface area contributed by atoms with Gasteiger partial charge in [0.15, 0.2) is 0 Å². The monoisotopic (exact) mass is 409 g/mol. The molecule has 0 saturated heterocycles. The van der Waals surface area contributed by atoms with Crippen molar-refractivity contribution in [2.24, 2.45) is 0 Å². The number of carboxylic acid groups (broad SMARTS) is 1. The molecule has 0 spiro atoms. The fraction of sp³-hybridized carbons (Fsp3) is 0.250. The van der Waals surface area contributed by atoms with Crippen LogP contribution in [0, 0.1) is 0 Å². The Morgan fingerprint density at radius 2 is 1.62 bits per heavy atom. The Morgan fingerprint density at radius 1 is 1.03 bits per heavy atom. The van der Waals surface area contributed by atoms with Crippen molar-refractivity contribution in [3.63, 3.8) is 0 Å². The fourth-order valence-corrected chi connectivity index (χ4v) is 2.53. The minimum Gasteiger partial charge on any atom is -0.478 e. The second-order valence-electron chi connectivity index (χ2n) is 6.02. The van der Waals surface area contributed by atoms with E-state index >= 15 is 0 Å². The molecule has 0 saturated carbocycles. The Bertz CT molecular complexity index is 876. The first-order valence-electron chi connectivity index (χ1n) is 8.57. The molecule has 0 aliphatic heterocycles. The van der Waals surface area contributed by atoms with Crippen molar-refractivity contribution in [2.45, 2.75) is 25.7 Å². The highest BCUT2D eigenvalue weighted by atomic mass is 19.4. The number of benzene rings is 2. The van der Waals surface area contributed by atoms with Crippen LogP contribution in [0.4, 0.5) is 13.2 Å². The molecule has 0 radical (unpaired) electrons. The number of rotatable bonds is 8. The molecule has 29 heavy (non-hydrogen) atoms. The van der Waals surface area contributed by atoms with Crippen LogP contribution in [0.25, 0.3) is 0 Å². The first-order valence-corrected chi connectivity index (χ1v) is 8.57. The van der Waals surface area contributed by atoms with Crippen LogP contribution in [-0.4, -0.2) is 29.4 Å². The number of halogens is 3. The summed E-state index contributed by atoms with van der Waals surface area (Å²) in [5, 5.41) is 11.7. The molecule has 0 bridgehead atoms. The van der Waals surface area contributed by atoms with E-state index < -0.39 is 35.5 Å². The Morgan fingerprint density at radius 3 is 2.10 bits per heavy atom. The molecule has 9 heteroatoms. The topological polar surface area (TPSA) is 92.7 Å². The number of carbonyl (C=O) groups excluding carboxylic acids is 2. The predicted molar refractivity (Wildman–Crippen MR) is 96.1 cm³/mol. The van der Waals surface area contributed by atoms with E-state index in [9.17, 15) is 27.6 Å². The molecule has 0 heterocycles. The second-order valence-corrected chi connectivity index (χ2v) is 6.02. The number of Topliss-reactive ketones (excluding diaryl/α,β-unsaturated/α-hetero) is 1. The summed E-state index contributed by atoms with van der Waals surface area (Å²) in [4.78, 5) is 35.2. The van der Waals surface area contributed by atoms with E-state index in [0.29, 0.717) is 5.56 Å². The highest BCUT2D eigenvalue weighted by Gasteiger charge is 2.32. The summed E-state index contributed by atoms with van der Waals surface area (Å²) in [6.07, 6.45) is -4.53. The molecular weight excluding hydrogens is 391 g/mol. The van der Waals surface area contributed by atoms with Gasteiger partial charge in [-0.1, -0.05) is 24.3 Å². The van der Waals surface area contributed by atoms with Crippen LogP contribution in [-0.2, 0) is 27.0 Å². The maximum Gasteiger partial charge on any atom is 0.416 e. The third kappa shape index (κ3) is 5.89. The number of nitrogens with one attached hydrogen (secondary N) is 1. The van der Waals surface area contributed by atoms with Crippen LogP contribution in [0.5, 0.6) is 0 Å². The number of ketones is 1. The molecule has 2 rings (SSSR count). The zero-order valence-electron chi connectivity index (χ0n) is 15.3. The Labute approximate surface area is 164 Å².